The van der Waals surface area contributed by atoms with Gasteiger partial charge in [0.15, 0.2) is 0 Å². The minimum atomic E-state index is 0.865. The van der Waals surface area contributed by atoms with Crippen LogP contribution >= 0.6 is 0 Å². The molecule has 0 atom stereocenters. The van der Waals surface area contributed by atoms with E-state index < -0.39 is 0 Å². The zero-order chi connectivity index (χ0) is 13.8. The fourth-order valence-electron chi connectivity index (χ4n) is 1.72. The summed E-state index contributed by atoms with van der Waals surface area (Å²) in [7, 11) is 0. The lowest BCUT2D eigenvalue weighted by molar-refractivity contribution is 0.0342. The maximum Gasteiger partial charge on any atom is 0.0594 e. The van der Waals surface area contributed by atoms with Crippen molar-refractivity contribution in [1.29, 1.82) is 0 Å². The molecule has 1 aromatic heterocycles. The molecule has 1 aromatic rings. The number of pyridine rings is 1. The molecule has 1 aliphatic rings. The number of nitrogens with zero attached hydrogens (tertiary/aromatic N) is 2. The maximum atomic E-state index is 5.31. The van der Waals surface area contributed by atoms with Crippen LogP contribution in [0.15, 0.2) is 18.3 Å². The van der Waals surface area contributed by atoms with Crippen LogP contribution in [0.25, 0.3) is 0 Å². The molecule has 1 aliphatic heterocycles. The number of aryl methyl sites for hydroxylation is 1. The van der Waals surface area contributed by atoms with Crippen LogP contribution in [0, 0.1) is 6.92 Å². The van der Waals surface area contributed by atoms with Gasteiger partial charge in [0.2, 0.25) is 0 Å². The Morgan fingerprint density at radius 1 is 1.17 bits per heavy atom. The molecule has 0 aromatic carbocycles. The lowest BCUT2D eigenvalue weighted by atomic mass is 10.2. The highest BCUT2D eigenvalue weighted by molar-refractivity contribution is 5.15. The van der Waals surface area contributed by atoms with E-state index in [-0.39, 0.29) is 0 Å². The molecule has 0 saturated carbocycles. The van der Waals surface area contributed by atoms with Crippen LogP contribution in [0.1, 0.15) is 39.0 Å². The van der Waals surface area contributed by atoms with Gasteiger partial charge in [0.05, 0.1) is 13.2 Å². The number of aromatic nitrogens is 1. The van der Waals surface area contributed by atoms with Crippen LogP contribution in [0.4, 0.5) is 0 Å². The quantitative estimate of drug-likeness (QED) is 0.807. The molecule has 0 bridgehead atoms. The fourth-order valence-corrected chi connectivity index (χ4v) is 1.72. The van der Waals surface area contributed by atoms with Crippen molar-refractivity contribution >= 4 is 0 Å². The van der Waals surface area contributed by atoms with Crippen molar-refractivity contribution in [2.24, 2.45) is 0 Å². The third-order valence-corrected chi connectivity index (χ3v) is 2.47. The van der Waals surface area contributed by atoms with Gasteiger partial charge < -0.3 is 4.74 Å². The molecule has 0 amide bonds. The Morgan fingerprint density at radius 3 is 2.33 bits per heavy atom. The van der Waals surface area contributed by atoms with Crippen molar-refractivity contribution in [2.75, 3.05) is 26.3 Å². The van der Waals surface area contributed by atoms with E-state index in [2.05, 4.69) is 22.0 Å². The van der Waals surface area contributed by atoms with Gasteiger partial charge in [-0.15, -0.1) is 0 Å². The first-order chi connectivity index (χ1) is 8.84. The Kier molecular flexibility index (Phi) is 10.6. The van der Waals surface area contributed by atoms with Crippen LogP contribution in [-0.4, -0.2) is 36.2 Å². The molecule has 3 heteroatoms. The second-order valence-electron chi connectivity index (χ2n) is 3.69. The highest BCUT2D eigenvalue weighted by Crippen LogP contribution is 2.07. The molecule has 104 valence electrons. The summed E-state index contributed by atoms with van der Waals surface area (Å²) >= 11 is 0. The predicted molar refractivity (Wildman–Crippen MR) is 77.8 cm³/mol. The van der Waals surface area contributed by atoms with Gasteiger partial charge in [-0.05, 0) is 24.6 Å². The molecular formula is C15H28N2O. The Labute approximate surface area is 112 Å². The van der Waals surface area contributed by atoms with Gasteiger partial charge in [-0.2, -0.15) is 0 Å². The topological polar surface area (TPSA) is 25.4 Å². The molecular weight excluding hydrogens is 224 g/mol. The number of morpholine rings is 1. The molecule has 0 spiro atoms. The van der Waals surface area contributed by atoms with Gasteiger partial charge in [-0.25, -0.2) is 0 Å². The lowest BCUT2D eigenvalue weighted by Gasteiger charge is -2.26. The molecule has 3 nitrogen and oxygen atoms in total. The molecule has 1 saturated heterocycles. The average molecular weight is 252 g/mol. The van der Waals surface area contributed by atoms with Crippen LogP contribution in [-0.2, 0) is 11.3 Å². The monoisotopic (exact) mass is 252 g/mol. The van der Waals surface area contributed by atoms with E-state index in [0.717, 1.165) is 38.5 Å². The Morgan fingerprint density at radius 2 is 1.78 bits per heavy atom. The van der Waals surface area contributed by atoms with E-state index in [0.29, 0.717) is 0 Å². The first-order valence-corrected chi connectivity index (χ1v) is 7.06. The van der Waals surface area contributed by atoms with E-state index in [9.17, 15) is 0 Å². The Hall–Kier alpha value is -0.930. The van der Waals surface area contributed by atoms with Crippen molar-refractivity contribution in [3.63, 3.8) is 0 Å². The van der Waals surface area contributed by atoms with Crippen LogP contribution in [0.3, 0.4) is 0 Å². The van der Waals surface area contributed by atoms with Crippen molar-refractivity contribution in [3.8, 4) is 0 Å². The molecule has 18 heavy (non-hydrogen) atoms. The minimum absolute atomic E-state index is 0.865. The number of hydrogen-bond acceptors (Lipinski definition) is 3. The van der Waals surface area contributed by atoms with Crippen molar-refractivity contribution in [2.45, 2.75) is 41.2 Å². The summed E-state index contributed by atoms with van der Waals surface area (Å²) in [4.78, 5) is 6.60. The largest absolute Gasteiger partial charge is 0.379 e. The fraction of sp³-hybridized carbons (Fsp3) is 0.667. The number of ether oxygens (including phenoxy) is 1. The Balaban J connectivity index is 0.000000659. The molecule has 0 N–H and O–H groups in total. The Bertz CT molecular complexity index is 296. The van der Waals surface area contributed by atoms with Gasteiger partial charge in [-0.1, -0.05) is 27.7 Å². The van der Waals surface area contributed by atoms with Gasteiger partial charge >= 0.3 is 0 Å². The highest BCUT2D eigenvalue weighted by atomic mass is 16.5. The molecule has 0 unspecified atom stereocenters. The maximum absolute atomic E-state index is 5.31. The van der Waals surface area contributed by atoms with Gasteiger partial charge in [-0.3, -0.25) is 9.88 Å². The predicted octanol–water partition coefficient (Wildman–Crippen LogP) is 3.27. The number of rotatable bonds is 2. The van der Waals surface area contributed by atoms with E-state index in [1.165, 1.54) is 5.56 Å². The lowest BCUT2D eigenvalue weighted by Crippen LogP contribution is -2.35. The summed E-state index contributed by atoms with van der Waals surface area (Å²) in [5.74, 6) is 0. The summed E-state index contributed by atoms with van der Waals surface area (Å²) in [5.41, 5.74) is 2.44. The molecule has 0 radical (unpaired) electrons. The molecule has 2 heterocycles. The smallest absolute Gasteiger partial charge is 0.0594 e. The molecule has 1 fully saturated rings. The first-order valence-electron chi connectivity index (χ1n) is 7.06. The van der Waals surface area contributed by atoms with E-state index in [1.54, 1.807) is 0 Å². The van der Waals surface area contributed by atoms with Gasteiger partial charge in [0, 0.05) is 31.5 Å². The van der Waals surface area contributed by atoms with E-state index in [4.69, 9.17) is 4.74 Å². The van der Waals surface area contributed by atoms with Crippen molar-refractivity contribution in [3.05, 3.63) is 29.6 Å². The zero-order valence-corrected chi connectivity index (χ0v) is 12.6. The minimum Gasteiger partial charge on any atom is -0.379 e. The van der Waals surface area contributed by atoms with Crippen molar-refractivity contribution in [1.82, 2.24) is 9.88 Å². The highest BCUT2D eigenvalue weighted by Gasteiger charge is 2.10. The standard InChI is InChI=1S/C11H16N2O.2C2H6/c1-10-8-11(2-3-12-10)9-13-4-6-14-7-5-13;2*1-2/h2-3,8H,4-7,9H2,1H3;2*1-2H3. The van der Waals surface area contributed by atoms with Crippen LogP contribution in [0.5, 0.6) is 0 Å². The third-order valence-electron chi connectivity index (χ3n) is 2.47. The second kappa shape index (κ2) is 11.2. The molecule has 0 aliphatic carbocycles. The summed E-state index contributed by atoms with van der Waals surface area (Å²) in [6, 6.07) is 4.23. The summed E-state index contributed by atoms with van der Waals surface area (Å²) in [5, 5.41) is 0. The first kappa shape index (κ1) is 17.1. The normalized spacial score (nSPS) is 14.9. The van der Waals surface area contributed by atoms with Crippen LogP contribution < -0.4 is 0 Å². The molecule has 2 rings (SSSR count). The van der Waals surface area contributed by atoms with E-state index >= 15 is 0 Å². The summed E-state index contributed by atoms with van der Waals surface area (Å²) in [6.45, 7) is 14.9. The SMILES string of the molecule is CC.CC.Cc1cc(CN2CCOCC2)ccn1. The van der Waals surface area contributed by atoms with Gasteiger partial charge in [0.1, 0.15) is 0 Å². The summed E-state index contributed by atoms with van der Waals surface area (Å²) in [6.07, 6.45) is 1.88. The average Bonchev–Trinajstić information content (AvgIpc) is 2.44. The van der Waals surface area contributed by atoms with Gasteiger partial charge in [0.25, 0.3) is 0 Å². The zero-order valence-electron chi connectivity index (χ0n) is 12.6. The van der Waals surface area contributed by atoms with Crippen molar-refractivity contribution < 1.29 is 4.74 Å². The third kappa shape index (κ3) is 6.72. The van der Waals surface area contributed by atoms with E-state index in [1.807, 2.05) is 40.8 Å². The second-order valence-corrected chi connectivity index (χ2v) is 3.69. The van der Waals surface area contributed by atoms with Crippen LogP contribution in [0.2, 0.25) is 0 Å². The number of hydrogen-bond donors (Lipinski definition) is 0. The summed E-state index contributed by atoms with van der Waals surface area (Å²) < 4.78 is 5.31.